The zero-order valence-electron chi connectivity index (χ0n) is 20.3. The molecule has 1 saturated carbocycles. The zero-order valence-corrected chi connectivity index (χ0v) is 21.9. The predicted molar refractivity (Wildman–Crippen MR) is 139 cm³/mol. The molecule has 0 radical (unpaired) electrons. The lowest BCUT2D eigenvalue weighted by molar-refractivity contribution is -0.140. The number of aryl methyl sites for hydroxylation is 1. The number of hydrogen-bond acceptors (Lipinski definition) is 6. The van der Waals surface area contributed by atoms with Crippen LogP contribution in [0.2, 0.25) is 0 Å². The molecule has 1 aliphatic rings. The summed E-state index contributed by atoms with van der Waals surface area (Å²) in [5, 5.41) is 11.2. The van der Waals surface area contributed by atoms with E-state index in [0.717, 1.165) is 28.2 Å². The summed E-state index contributed by atoms with van der Waals surface area (Å²) in [6.45, 7) is 2.70. The van der Waals surface area contributed by atoms with E-state index >= 15 is 0 Å². The molecule has 1 heterocycles. The maximum Gasteiger partial charge on any atom is 0.238 e. The summed E-state index contributed by atoms with van der Waals surface area (Å²) in [6.07, 6.45) is 2.24. The molecule has 2 atom stereocenters. The molecule has 0 saturated heterocycles. The monoisotopic (exact) mass is 526 g/mol. The van der Waals surface area contributed by atoms with Gasteiger partial charge in [-0.05, 0) is 37.0 Å². The number of nitrogens with two attached hydrogens (primary N) is 1. The molecular formula is C26H30N4O4S2. The van der Waals surface area contributed by atoms with Crippen LogP contribution in [0.25, 0.3) is 11.1 Å². The Bertz CT molecular complexity index is 1350. The van der Waals surface area contributed by atoms with Gasteiger partial charge in [0.25, 0.3) is 0 Å². The van der Waals surface area contributed by atoms with Crippen LogP contribution in [0, 0.1) is 18.8 Å². The van der Waals surface area contributed by atoms with E-state index in [2.05, 4.69) is 10.3 Å². The molecule has 0 aliphatic heterocycles. The highest BCUT2D eigenvalue weighted by atomic mass is 32.2. The Morgan fingerprint density at radius 1 is 1.11 bits per heavy atom. The number of nitrogens with one attached hydrogen (secondary N) is 1. The second-order valence-electron chi connectivity index (χ2n) is 9.18. The van der Waals surface area contributed by atoms with E-state index in [-0.39, 0.29) is 28.5 Å². The molecule has 2 aromatic carbocycles. The molecule has 2 amide bonds. The highest BCUT2D eigenvalue weighted by Crippen LogP contribution is 2.34. The second kappa shape index (κ2) is 10.9. The van der Waals surface area contributed by atoms with Crippen LogP contribution in [0.5, 0.6) is 0 Å². The van der Waals surface area contributed by atoms with Gasteiger partial charge in [0.05, 0.1) is 11.4 Å². The van der Waals surface area contributed by atoms with Gasteiger partial charge in [-0.1, -0.05) is 48.9 Å². The maximum absolute atomic E-state index is 13.1. The van der Waals surface area contributed by atoms with Crippen LogP contribution in [-0.2, 0) is 32.7 Å². The van der Waals surface area contributed by atoms with Gasteiger partial charge in [-0.3, -0.25) is 9.59 Å². The highest BCUT2D eigenvalue weighted by Gasteiger charge is 2.39. The van der Waals surface area contributed by atoms with Crippen molar-refractivity contribution in [2.45, 2.75) is 44.2 Å². The van der Waals surface area contributed by atoms with Crippen molar-refractivity contribution in [3.63, 3.8) is 0 Å². The molecule has 0 spiro atoms. The Kier molecular flexibility index (Phi) is 7.87. The smallest absolute Gasteiger partial charge is 0.238 e. The molecule has 1 aromatic heterocycles. The molecule has 1 aliphatic carbocycles. The molecular weight excluding hydrogens is 496 g/mol. The Morgan fingerprint density at radius 2 is 1.81 bits per heavy atom. The minimum Gasteiger partial charge on any atom is -0.352 e. The van der Waals surface area contributed by atoms with Crippen LogP contribution in [0.1, 0.15) is 35.5 Å². The van der Waals surface area contributed by atoms with Crippen molar-refractivity contribution in [1.29, 1.82) is 0 Å². The van der Waals surface area contributed by atoms with E-state index in [1.807, 2.05) is 36.6 Å². The topological polar surface area (TPSA) is 122 Å². The Balaban J connectivity index is 1.37. The molecule has 0 unspecified atom stereocenters. The summed E-state index contributed by atoms with van der Waals surface area (Å²) in [4.78, 5) is 32.2. The van der Waals surface area contributed by atoms with Gasteiger partial charge < -0.3 is 10.2 Å². The van der Waals surface area contributed by atoms with Gasteiger partial charge in [0, 0.05) is 42.1 Å². The summed E-state index contributed by atoms with van der Waals surface area (Å²) in [5.41, 5.74) is 3.06. The number of amides is 2. The van der Waals surface area contributed by atoms with E-state index in [9.17, 15) is 18.0 Å². The van der Waals surface area contributed by atoms with E-state index in [1.54, 1.807) is 30.1 Å². The second-order valence-corrected chi connectivity index (χ2v) is 11.6. The van der Waals surface area contributed by atoms with E-state index in [4.69, 9.17) is 5.14 Å². The average Bonchev–Trinajstić information content (AvgIpc) is 3.51. The third-order valence-corrected chi connectivity index (χ3v) is 8.43. The Morgan fingerprint density at radius 3 is 2.47 bits per heavy atom. The van der Waals surface area contributed by atoms with Gasteiger partial charge in [0.1, 0.15) is 5.01 Å². The molecule has 36 heavy (non-hydrogen) atoms. The van der Waals surface area contributed by atoms with Crippen molar-refractivity contribution in [2.24, 2.45) is 17.0 Å². The first kappa shape index (κ1) is 26.0. The average molecular weight is 527 g/mol. The van der Waals surface area contributed by atoms with E-state index in [1.165, 1.54) is 17.4 Å². The van der Waals surface area contributed by atoms with Gasteiger partial charge in [0.15, 0.2) is 0 Å². The molecule has 190 valence electrons. The third kappa shape index (κ3) is 6.00. The molecule has 3 aromatic rings. The van der Waals surface area contributed by atoms with Crippen LogP contribution < -0.4 is 10.5 Å². The number of thiazole rings is 1. The summed E-state index contributed by atoms with van der Waals surface area (Å²) in [6, 6.07) is 13.9. The molecule has 0 bridgehead atoms. The van der Waals surface area contributed by atoms with Crippen LogP contribution in [-0.4, -0.2) is 37.2 Å². The summed E-state index contributed by atoms with van der Waals surface area (Å²) < 4.78 is 23.8. The van der Waals surface area contributed by atoms with Gasteiger partial charge in [-0.2, -0.15) is 0 Å². The van der Waals surface area contributed by atoms with Crippen molar-refractivity contribution >= 4 is 33.2 Å². The van der Waals surface area contributed by atoms with Crippen molar-refractivity contribution in [1.82, 2.24) is 15.2 Å². The SMILES string of the molecule is Cc1csc(CN(C)C(=O)[C@@H]2CCC[C@H]2C(=O)NCc2ccc(-c3ccccc3S(N)(=O)=O)cc2)n1. The van der Waals surface area contributed by atoms with Crippen molar-refractivity contribution < 1.29 is 18.0 Å². The van der Waals surface area contributed by atoms with E-state index < -0.39 is 10.0 Å². The largest absolute Gasteiger partial charge is 0.352 e. The first-order valence-electron chi connectivity index (χ1n) is 11.8. The fraction of sp³-hybridized carbons (Fsp3) is 0.346. The fourth-order valence-electron chi connectivity index (χ4n) is 4.68. The van der Waals surface area contributed by atoms with Crippen LogP contribution in [0.15, 0.2) is 58.8 Å². The summed E-state index contributed by atoms with van der Waals surface area (Å²) in [5.74, 6) is -0.807. The van der Waals surface area contributed by atoms with Crippen molar-refractivity contribution in [3.05, 3.63) is 70.2 Å². The molecule has 1 fully saturated rings. The molecule has 8 nitrogen and oxygen atoms in total. The number of benzene rings is 2. The lowest BCUT2D eigenvalue weighted by Gasteiger charge is -2.24. The maximum atomic E-state index is 13.1. The van der Waals surface area contributed by atoms with Crippen LogP contribution >= 0.6 is 11.3 Å². The summed E-state index contributed by atoms with van der Waals surface area (Å²) in [7, 11) is -2.08. The number of rotatable bonds is 8. The van der Waals surface area contributed by atoms with Gasteiger partial charge in [-0.15, -0.1) is 11.3 Å². The lowest BCUT2D eigenvalue weighted by atomic mass is 9.93. The quantitative estimate of drug-likeness (QED) is 0.465. The standard InChI is InChI=1S/C26H30N4O4S2/c1-17-16-35-24(29-17)15-30(2)26(32)22-8-5-7-21(22)25(31)28-14-18-10-12-19(13-11-18)20-6-3-4-9-23(20)36(27,33)34/h3-4,6,9-13,16,21-22H,5,7-8,14-15H2,1-2H3,(H,28,31)(H2,27,33,34)/t21-,22-/m1/s1. The van der Waals surface area contributed by atoms with Crippen LogP contribution in [0.4, 0.5) is 0 Å². The first-order chi connectivity index (χ1) is 17.1. The lowest BCUT2D eigenvalue weighted by Crippen LogP contribution is -2.40. The molecule has 4 rings (SSSR count). The first-order valence-corrected chi connectivity index (χ1v) is 14.2. The third-order valence-electron chi connectivity index (χ3n) is 6.51. The van der Waals surface area contributed by atoms with Gasteiger partial charge in [0.2, 0.25) is 21.8 Å². The Hall–Kier alpha value is -3.08. The summed E-state index contributed by atoms with van der Waals surface area (Å²) >= 11 is 1.53. The zero-order chi connectivity index (χ0) is 25.9. The van der Waals surface area contributed by atoms with Crippen LogP contribution in [0.3, 0.4) is 0 Å². The number of aromatic nitrogens is 1. The number of carbonyl (C=O) groups is 2. The number of sulfonamides is 1. The number of carbonyl (C=O) groups excluding carboxylic acids is 2. The highest BCUT2D eigenvalue weighted by molar-refractivity contribution is 7.89. The minimum atomic E-state index is -3.85. The number of nitrogens with zero attached hydrogens (tertiary/aromatic N) is 2. The van der Waals surface area contributed by atoms with Crippen molar-refractivity contribution in [2.75, 3.05) is 7.05 Å². The predicted octanol–water partition coefficient (Wildman–Crippen LogP) is 3.46. The van der Waals surface area contributed by atoms with E-state index in [0.29, 0.717) is 31.5 Å². The minimum absolute atomic E-state index is 0.0154. The van der Waals surface area contributed by atoms with Gasteiger partial charge in [-0.25, -0.2) is 18.5 Å². The number of primary sulfonamides is 1. The normalized spacial score (nSPS) is 17.6. The molecule has 3 N–H and O–H groups in total. The Labute approximate surface area is 215 Å². The number of hydrogen-bond donors (Lipinski definition) is 2. The van der Waals surface area contributed by atoms with Crippen molar-refractivity contribution in [3.8, 4) is 11.1 Å². The fourth-order valence-corrected chi connectivity index (χ4v) is 6.27. The van der Waals surface area contributed by atoms with Gasteiger partial charge >= 0.3 is 0 Å². The molecule has 10 heteroatoms.